The maximum Gasteiger partial charge on any atom is 0.238 e. The molecule has 1 unspecified atom stereocenters. The van der Waals surface area contributed by atoms with Crippen LogP contribution in [0, 0.1) is 0 Å². The average molecular weight is 546 g/mol. The highest BCUT2D eigenvalue weighted by atomic mass is 35.5. The quantitative estimate of drug-likeness (QED) is 0.411. The van der Waals surface area contributed by atoms with E-state index in [9.17, 15) is 9.59 Å². The fourth-order valence-electron chi connectivity index (χ4n) is 4.31. The van der Waals surface area contributed by atoms with Gasteiger partial charge in [-0.25, -0.2) is 9.97 Å². The van der Waals surface area contributed by atoms with Crippen LogP contribution in [0.1, 0.15) is 25.3 Å². The van der Waals surface area contributed by atoms with Gasteiger partial charge in [-0.2, -0.15) is 4.98 Å². The van der Waals surface area contributed by atoms with Gasteiger partial charge in [-0.1, -0.05) is 36.2 Å². The summed E-state index contributed by atoms with van der Waals surface area (Å²) in [5.74, 6) is 1.53. The van der Waals surface area contributed by atoms with Gasteiger partial charge in [0, 0.05) is 57.5 Å². The second-order valence-electron chi connectivity index (χ2n) is 8.63. The molecule has 37 heavy (non-hydrogen) atoms. The molecule has 0 aliphatic carbocycles. The number of ether oxygens (including phenoxy) is 1. The Kier molecular flexibility index (Phi) is 8.83. The van der Waals surface area contributed by atoms with Crippen LogP contribution in [-0.2, 0) is 16.0 Å². The van der Waals surface area contributed by atoms with E-state index in [-0.39, 0.29) is 29.4 Å². The van der Waals surface area contributed by atoms with E-state index in [0.29, 0.717) is 61.6 Å². The molecule has 2 aromatic heterocycles. The van der Waals surface area contributed by atoms with Crippen molar-refractivity contribution in [1.82, 2.24) is 29.7 Å². The Morgan fingerprint density at radius 3 is 2.73 bits per heavy atom. The summed E-state index contributed by atoms with van der Waals surface area (Å²) in [6.07, 6.45) is 6.18. The number of nitrogens with zero attached hydrogens (tertiary/aromatic N) is 6. The second-order valence-corrected chi connectivity index (χ2v) is 9.43. The van der Waals surface area contributed by atoms with Crippen LogP contribution in [0.4, 0.5) is 5.82 Å². The smallest absolute Gasteiger partial charge is 0.238 e. The molecule has 2 amide bonds. The number of piperazine rings is 1. The highest BCUT2D eigenvalue weighted by Gasteiger charge is 2.32. The SMILES string of the molecule is CCC(=O)N1CCN(c2cc(Cl)nc(-n3ccnc3)n2)C(CC(=O)NCCc2ccc(OC)c(Cl)c2)C1. The number of benzene rings is 1. The molecule has 3 aromatic rings. The van der Waals surface area contributed by atoms with Gasteiger partial charge in [0.25, 0.3) is 0 Å². The van der Waals surface area contributed by atoms with Gasteiger partial charge in [-0.3, -0.25) is 14.2 Å². The minimum Gasteiger partial charge on any atom is -0.495 e. The Morgan fingerprint density at radius 2 is 2.03 bits per heavy atom. The predicted octanol–water partition coefficient (Wildman–Crippen LogP) is 3.15. The normalized spacial score (nSPS) is 15.5. The Labute approximate surface area is 225 Å². The van der Waals surface area contributed by atoms with Gasteiger partial charge in [-0.15, -0.1) is 0 Å². The minimum absolute atomic E-state index is 0.0567. The first kappa shape index (κ1) is 26.7. The van der Waals surface area contributed by atoms with E-state index in [1.54, 1.807) is 41.4 Å². The van der Waals surface area contributed by atoms with Gasteiger partial charge < -0.3 is 19.9 Å². The number of carbonyl (C=O) groups is 2. The maximum absolute atomic E-state index is 13.0. The lowest BCUT2D eigenvalue weighted by molar-refractivity contribution is -0.132. The lowest BCUT2D eigenvalue weighted by Crippen LogP contribution is -2.56. The number of hydrogen-bond donors (Lipinski definition) is 1. The summed E-state index contributed by atoms with van der Waals surface area (Å²) in [6, 6.07) is 6.97. The van der Waals surface area contributed by atoms with Crippen molar-refractivity contribution in [3.05, 3.63) is 58.7 Å². The molecule has 196 valence electrons. The number of aromatic nitrogens is 4. The first-order valence-electron chi connectivity index (χ1n) is 12.0. The van der Waals surface area contributed by atoms with Crippen molar-refractivity contribution in [2.24, 2.45) is 0 Å². The van der Waals surface area contributed by atoms with Crippen molar-refractivity contribution in [3.8, 4) is 11.7 Å². The molecule has 3 heterocycles. The third-order valence-corrected chi connectivity index (χ3v) is 6.70. The van der Waals surface area contributed by atoms with Crippen molar-refractivity contribution >= 4 is 40.8 Å². The number of amides is 2. The number of carbonyl (C=O) groups excluding carboxylic acids is 2. The van der Waals surface area contributed by atoms with Crippen molar-refractivity contribution in [2.45, 2.75) is 32.2 Å². The molecule has 12 heteroatoms. The lowest BCUT2D eigenvalue weighted by atomic mass is 10.1. The standard InChI is InChI=1S/C25H29Cl2N7O3/c1-3-24(36)32-10-11-34(22-14-21(27)30-25(31-22)33-9-8-28-16-33)18(15-32)13-23(35)29-7-6-17-4-5-20(37-2)19(26)12-17/h4-5,8-9,12,14,16,18H,3,6-7,10-11,13,15H2,1-2H3,(H,29,35). The van der Waals surface area contributed by atoms with E-state index < -0.39 is 0 Å². The highest BCUT2D eigenvalue weighted by Crippen LogP contribution is 2.26. The van der Waals surface area contributed by atoms with Gasteiger partial charge in [0.05, 0.1) is 18.2 Å². The topological polar surface area (TPSA) is 105 Å². The molecule has 0 bridgehead atoms. The summed E-state index contributed by atoms with van der Waals surface area (Å²) >= 11 is 12.5. The van der Waals surface area contributed by atoms with Crippen LogP contribution in [0.5, 0.6) is 5.75 Å². The number of methoxy groups -OCH3 is 1. The third-order valence-electron chi connectivity index (χ3n) is 6.21. The molecule has 10 nitrogen and oxygen atoms in total. The van der Waals surface area contributed by atoms with Crippen LogP contribution in [0.2, 0.25) is 10.2 Å². The number of rotatable bonds is 9. The molecular formula is C25H29Cl2N7O3. The zero-order chi connectivity index (χ0) is 26.4. The molecule has 1 aromatic carbocycles. The summed E-state index contributed by atoms with van der Waals surface area (Å²) in [5.41, 5.74) is 0.993. The van der Waals surface area contributed by atoms with Crippen molar-refractivity contribution in [2.75, 3.05) is 38.2 Å². The van der Waals surface area contributed by atoms with Gasteiger partial charge in [0.2, 0.25) is 17.8 Å². The fraction of sp³-hybridized carbons (Fsp3) is 0.400. The lowest BCUT2D eigenvalue weighted by Gasteiger charge is -2.42. The van der Waals surface area contributed by atoms with E-state index in [1.165, 1.54) is 0 Å². The zero-order valence-electron chi connectivity index (χ0n) is 20.7. The maximum atomic E-state index is 13.0. The molecule has 0 spiro atoms. The number of halogens is 2. The van der Waals surface area contributed by atoms with E-state index >= 15 is 0 Å². The summed E-state index contributed by atoms with van der Waals surface area (Å²) in [6.45, 7) is 3.76. The molecule has 1 fully saturated rings. The van der Waals surface area contributed by atoms with Crippen LogP contribution >= 0.6 is 23.2 Å². The van der Waals surface area contributed by atoms with Crippen LogP contribution in [-0.4, -0.2) is 75.6 Å². The van der Waals surface area contributed by atoms with Crippen LogP contribution in [0.3, 0.4) is 0 Å². The summed E-state index contributed by atoms with van der Waals surface area (Å²) in [7, 11) is 1.57. The third kappa shape index (κ3) is 6.69. The molecule has 0 saturated carbocycles. The van der Waals surface area contributed by atoms with Gasteiger partial charge >= 0.3 is 0 Å². The molecule has 1 atom stereocenters. The van der Waals surface area contributed by atoms with E-state index in [2.05, 4.69) is 20.3 Å². The predicted molar refractivity (Wildman–Crippen MR) is 142 cm³/mol. The molecule has 1 saturated heterocycles. The molecule has 1 aliphatic heterocycles. The number of hydrogen-bond acceptors (Lipinski definition) is 7. The zero-order valence-corrected chi connectivity index (χ0v) is 22.2. The van der Waals surface area contributed by atoms with Crippen molar-refractivity contribution < 1.29 is 14.3 Å². The highest BCUT2D eigenvalue weighted by molar-refractivity contribution is 6.32. The van der Waals surface area contributed by atoms with Gasteiger partial charge in [0.15, 0.2) is 0 Å². The first-order valence-corrected chi connectivity index (χ1v) is 12.8. The van der Waals surface area contributed by atoms with E-state index in [4.69, 9.17) is 27.9 Å². The molecular weight excluding hydrogens is 517 g/mol. The Balaban J connectivity index is 1.46. The summed E-state index contributed by atoms with van der Waals surface area (Å²) in [5, 5.41) is 3.80. The van der Waals surface area contributed by atoms with Crippen molar-refractivity contribution in [3.63, 3.8) is 0 Å². The first-order chi connectivity index (χ1) is 17.9. The van der Waals surface area contributed by atoms with Crippen molar-refractivity contribution in [1.29, 1.82) is 0 Å². The van der Waals surface area contributed by atoms with Crippen LogP contribution < -0.4 is 15.0 Å². The van der Waals surface area contributed by atoms with Gasteiger partial charge in [0.1, 0.15) is 23.0 Å². The minimum atomic E-state index is -0.277. The second kappa shape index (κ2) is 12.2. The molecule has 1 aliphatic rings. The average Bonchev–Trinajstić information content (AvgIpc) is 3.43. The van der Waals surface area contributed by atoms with E-state index in [0.717, 1.165) is 5.56 Å². The Bertz CT molecular complexity index is 1240. The van der Waals surface area contributed by atoms with Crippen LogP contribution in [0.15, 0.2) is 43.0 Å². The summed E-state index contributed by atoms with van der Waals surface area (Å²) in [4.78, 5) is 42.2. The number of nitrogens with one attached hydrogen (secondary N) is 1. The molecule has 0 radical (unpaired) electrons. The molecule has 4 rings (SSSR count). The summed E-state index contributed by atoms with van der Waals surface area (Å²) < 4.78 is 6.85. The van der Waals surface area contributed by atoms with E-state index in [1.807, 2.05) is 30.0 Å². The number of imidazole rings is 1. The largest absolute Gasteiger partial charge is 0.495 e. The van der Waals surface area contributed by atoms with Crippen LogP contribution in [0.25, 0.3) is 5.95 Å². The fourth-order valence-corrected chi connectivity index (χ4v) is 4.77. The monoisotopic (exact) mass is 545 g/mol. The molecule has 1 N–H and O–H groups in total. The Hall–Kier alpha value is -3.37. The Morgan fingerprint density at radius 1 is 1.19 bits per heavy atom. The van der Waals surface area contributed by atoms with Gasteiger partial charge in [-0.05, 0) is 24.1 Å². The number of anilines is 1.